The summed E-state index contributed by atoms with van der Waals surface area (Å²) in [5.41, 5.74) is -0.154. The highest BCUT2D eigenvalue weighted by molar-refractivity contribution is 7.17. The van der Waals surface area contributed by atoms with Gasteiger partial charge < -0.3 is 5.11 Å². The van der Waals surface area contributed by atoms with Crippen LogP contribution >= 0.6 is 11.3 Å². The van der Waals surface area contributed by atoms with Gasteiger partial charge in [-0.25, -0.2) is 14.2 Å². The van der Waals surface area contributed by atoms with Crippen LogP contribution in [-0.2, 0) is 13.0 Å². The number of rotatable bonds is 4. The maximum Gasteiger partial charge on any atom is 0.337 e. The van der Waals surface area contributed by atoms with Crippen molar-refractivity contribution in [2.75, 3.05) is 0 Å². The third-order valence-electron chi connectivity index (χ3n) is 3.61. The Kier molecular flexibility index (Phi) is 3.96. The first-order valence-electron chi connectivity index (χ1n) is 7.00. The molecular formula is C16H13FN2O3S. The topological polar surface area (TPSA) is 72.2 Å². The number of carboxylic acids is 1. The number of aromatic nitrogens is 2. The van der Waals surface area contributed by atoms with Crippen LogP contribution in [-0.4, -0.2) is 20.6 Å². The molecule has 2 heterocycles. The lowest BCUT2D eigenvalue weighted by Gasteiger charge is -2.12. The second kappa shape index (κ2) is 5.92. The number of nitrogens with zero attached hydrogens (tertiary/aromatic N) is 2. The molecule has 0 radical (unpaired) electrons. The number of aromatic carboxylic acids is 1. The molecule has 5 nitrogen and oxygen atoms in total. The summed E-state index contributed by atoms with van der Waals surface area (Å²) in [6.45, 7) is 1.86. The van der Waals surface area contributed by atoms with Gasteiger partial charge in [-0.1, -0.05) is 25.1 Å². The average Bonchev–Trinajstić information content (AvgIpc) is 2.96. The standard InChI is InChI=1S/C16H13FN2O3S/c1-2-12-18-14-13(10(8-23-14)16(21)22)15(20)19(12)7-9-5-3-4-6-11(9)17/h3-6,8H,2,7H2,1H3,(H,21,22). The highest BCUT2D eigenvalue weighted by atomic mass is 32.1. The van der Waals surface area contributed by atoms with E-state index in [1.165, 1.54) is 16.0 Å². The maximum absolute atomic E-state index is 13.9. The summed E-state index contributed by atoms with van der Waals surface area (Å²) < 4.78 is 15.2. The molecule has 0 unspecified atom stereocenters. The molecule has 2 aromatic heterocycles. The van der Waals surface area contributed by atoms with Gasteiger partial charge in [-0.3, -0.25) is 9.36 Å². The van der Waals surface area contributed by atoms with Crippen molar-refractivity contribution in [3.8, 4) is 0 Å². The van der Waals surface area contributed by atoms with E-state index in [2.05, 4.69) is 4.98 Å². The fraction of sp³-hybridized carbons (Fsp3) is 0.188. The summed E-state index contributed by atoms with van der Waals surface area (Å²) >= 11 is 1.12. The predicted octanol–water partition coefficient (Wildman–Crippen LogP) is 2.91. The molecule has 0 bridgehead atoms. The Labute approximate surface area is 134 Å². The van der Waals surface area contributed by atoms with Crippen LogP contribution in [0.4, 0.5) is 4.39 Å². The van der Waals surface area contributed by atoms with Crippen LogP contribution in [0.5, 0.6) is 0 Å². The van der Waals surface area contributed by atoms with E-state index in [1.807, 2.05) is 6.92 Å². The van der Waals surface area contributed by atoms with Crippen molar-refractivity contribution < 1.29 is 14.3 Å². The van der Waals surface area contributed by atoms with Crippen LogP contribution in [0.15, 0.2) is 34.4 Å². The summed E-state index contributed by atoms with van der Waals surface area (Å²) in [4.78, 5) is 28.8. The molecular weight excluding hydrogens is 319 g/mol. The second-order valence-corrected chi connectivity index (χ2v) is 5.86. The average molecular weight is 332 g/mol. The van der Waals surface area contributed by atoms with Crippen molar-refractivity contribution in [2.24, 2.45) is 0 Å². The van der Waals surface area contributed by atoms with E-state index in [-0.39, 0.29) is 17.5 Å². The summed E-state index contributed by atoms with van der Waals surface area (Å²) in [7, 11) is 0. The van der Waals surface area contributed by atoms with Crippen LogP contribution < -0.4 is 5.56 Å². The third-order valence-corrected chi connectivity index (χ3v) is 4.48. The molecule has 0 amide bonds. The lowest BCUT2D eigenvalue weighted by atomic mass is 10.2. The van der Waals surface area contributed by atoms with E-state index in [1.54, 1.807) is 18.2 Å². The van der Waals surface area contributed by atoms with Crippen LogP contribution in [0.3, 0.4) is 0 Å². The number of benzene rings is 1. The molecule has 0 aliphatic rings. The van der Waals surface area contributed by atoms with Crippen molar-refractivity contribution in [3.63, 3.8) is 0 Å². The lowest BCUT2D eigenvalue weighted by Crippen LogP contribution is -2.26. The number of hydrogen-bond acceptors (Lipinski definition) is 4. The fourth-order valence-electron chi connectivity index (χ4n) is 2.45. The summed E-state index contributed by atoms with van der Waals surface area (Å²) in [6.07, 6.45) is 0.486. The molecule has 0 spiro atoms. The zero-order valence-electron chi connectivity index (χ0n) is 12.2. The van der Waals surface area contributed by atoms with Gasteiger partial charge in [0, 0.05) is 17.4 Å². The molecule has 0 fully saturated rings. The minimum atomic E-state index is -1.17. The van der Waals surface area contributed by atoms with E-state index >= 15 is 0 Å². The highest BCUT2D eigenvalue weighted by Crippen LogP contribution is 2.22. The molecule has 3 rings (SSSR count). The molecule has 1 aromatic carbocycles. The maximum atomic E-state index is 13.9. The number of halogens is 1. The molecule has 7 heteroatoms. The van der Waals surface area contributed by atoms with Gasteiger partial charge in [0.15, 0.2) is 0 Å². The van der Waals surface area contributed by atoms with Crippen molar-refractivity contribution >= 4 is 27.5 Å². The Bertz CT molecular complexity index is 962. The molecule has 0 aliphatic heterocycles. The minimum absolute atomic E-state index is 0.0204. The summed E-state index contributed by atoms with van der Waals surface area (Å²) in [6, 6.07) is 6.18. The molecule has 23 heavy (non-hydrogen) atoms. The van der Waals surface area contributed by atoms with Gasteiger partial charge in [0.25, 0.3) is 5.56 Å². The van der Waals surface area contributed by atoms with Gasteiger partial charge in [0.2, 0.25) is 0 Å². The Hall–Kier alpha value is -2.54. The first-order chi connectivity index (χ1) is 11.0. The number of thiophene rings is 1. The minimum Gasteiger partial charge on any atom is -0.478 e. The highest BCUT2D eigenvalue weighted by Gasteiger charge is 2.19. The largest absolute Gasteiger partial charge is 0.478 e. The van der Waals surface area contributed by atoms with E-state index in [0.717, 1.165) is 11.3 Å². The first-order valence-corrected chi connectivity index (χ1v) is 7.88. The molecule has 0 saturated heterocycles. The Morgan fingerprint density at radius 2 is 2.13 bits per heavy atom. The molecule has 0 saturated carbocycles. The SMILES string of the molecule is CCc1nc2scc(C(=O)O)c2c(=O)n1Cc1ccccc1F. The smallest absolute Gasteiger partial charge is 0.337 e. The lowest BCUT2D eigenvalue weighted by molar-refractivity contribution is 0.0699. The van der Waals surface area contributed by atoms with Gasteiger partial charge >= 0.3 is 5.97 Å². The normalized spacial score (nSPS) is 11.0. The van der Waals surface area contributed by atoms with Gasteiger partial charge in [-0.2, -0.15) is 0 Å². The second-order valence-electron chi connectivity index (χ2n) is 5.00. The number of aryl methyl sites for hydroxylation is 1. The Morgan fingerprint density at radius 1 is 1.39 bits per heavy atom. The van der Waals surface area contributed by atoms with Crippen molar-refractivity contribution in [1.82, 2.24) is 9.55 Å². The molecule has 3 aromatic rings. The number of carbonyl (C=O) groups is 1. The third kappa shape index (κ3) is 2.63. The van der Waals surface area contributed by atoms with Crippen LogP contribution in [0.1, 0.15) is 28.7 Å². The van der Waals surface area contributed by atoms with Crippen molar-refractivity contribution in [3.05, 3.63) is 62.8 Å². The van der Waals surface area contributed by atoms with Crippen LogP contribution in [0.2, 0.25) is 0 Å². The Balaban J connectivity index is 2.24. The Morgan fingerprint density at radius 3 is 2.78 bits per heavy atom. The van der Waals surface area contributed by atoms with E-state index < -0.39 is 17.3 Å². The fourth-order valence-corrected chi connectivity index (χ4v) is 3.38. The summed E-state index contributed by atoms with van der Waals surface area (Å²) in [5.74, 6) is -1.08. The van der Waals surface area contributed by atoms with Crippen molar-refractivity contribution in [1.29, 1.82) is 0 Å². The van der Waals surface area contributed by atoms with Gasteiger partial charge in [0.05, 0.1) is 17.5 Å². The van der Waals surface area contributed by atoms with Crippen molar-refractivity contribution in [2.45, 2.75) is 19.9 Å². The molecule has 118 valence electrons. The van der Waals surface area contributed by atoms with Gasteiger partial charge in [-0.15, -0.1) is 11.3 Å². The zero-order chi connectivity index (χ0) is 16.6. The van der Waals surface area contributed by atoms with Gasteiger partial charge in [0.1, 0.15) is 16.5 Å². The zero-order valence-corrected chi connectivity index (χ0v) is 13.1. The summed E-state index contributed by atoms with van der Waals surface area (Å²) in [5, 5.41) is 10.7. The first kappa shape index (κ1) is 15.4. The quantitative estimate of drug-likeness (QED) is 0.797. The number of hydrogen-bond donors (Lipinski definition) is 1. The number of carboxylic acid groups (broad SMARTS) is 1. The van der Waals surface area contributed by atoms with Crippen LogP contribution in [0.25, 0.3) is 10.2 Å². The van der Waals surface area contributed by atoms with E-state index in [4.69, 9.17) is 0 Å². The predicted molar refractivity (Wildman–Crippen MR) is 85.7 cm³/mol. The number of fused-ring (bicyclic) bond motifs is 1. The van der Waals surface area contributed by atoms with E-state index in [9.17, 15) is 19.1 Å². The van der Waals surface area contributed by atoms with Crippen LogP contribution in [0, 0.1) is 5.82 Å². The molecule has 0 atom stereocenters. The van der Waals surface area contributed by atoms with Gasteiger partial charge in [-0.05, 0) is 6.07 Å². The molecule has 1 N–H and O–H groups in total. The van der Waals surface area contributed by atoms with E-state index in [0.29, 0.717) is 22.6 Å². The molecule has 0 aliphatic carbocycles. The monoisotopic (exact) mass is 332 g/mol.